The second-order valence-corrected chi connectivity index (χ2v) is 9.10. The highest BCUT2D eigenvalue weighted by atomic mass is 32.1. The number of nitrogens with zero attached hydrogens (tertiary/aromatic N) is 1. The highest BCUT2D eigenvalue weighted by Gasteiger charge is 2.34. The van der Waals surface area contributed by atoms with Gasteiger partial charge in [0.1, 0.15) is 0 Å². The standard InChI is InChI=1S/C24H33N3O3S/c1-5-27-16(4)20(23(29)30-14-15(2)3)21(26-24(27)31)17-10-12-19(13-11-17)25-22(28)18-8-6-7-9-18/h10-13,15,18,21H,5-9,14H2,1-4H3,(H,25,28)(H,26,31). The second-order valence-electron chi connectivity index (χ2n) is 8.71. The van der Waals surface area contributed by atoms with E-state index in [0.717, 1.165) is 42.6 Å². The van der Waals surface area contributed by atoms with Gasteiger partial charge in [0.2, 0.25) is 5.91 Å². The minimum absolute atomic E-state index is 0.0921. The number of benzene rings is 1. The van der Waals surface area contributed by atoms with Gasteiger partial charge >= 0.3 is 5.97 Å². The van der Waals surface area contributed by atoms with Gasteiger partial charge in [0.05, 0.1) is 18.2 Å². The van der Waals surface area contributed by atoms with Crippen molar-refractivity contribution in [1.29, 1.82) is 0 Å². The molecule has 0 spiro atoms. The van der Waals surface area contributed by atoms with Crippen molar-refractivity contribution in [2.75, 3.05) is 18.5 Å². The van der Waals surface area contributed by atoms with E-state index in [4.69, 9.17) is 17.0 Å². The molecule has 1 amide bonds. The molecule has 0 aromatic heterocycles. The zero-order valence-electron chi connectivity index (χ0n) is 18.9. The van der Waals surface area contributed by atoms with Gasteiger partial charge in [-0.1, -0.05) is 38.8 Å². The lowest BCUT2D eigenvalue weighted by atomic mass is 9.94. The van der Waals surface area contributed by atoms with Gasteiger partial charge in [0.15, 0.2) is 5.11 Å². The Kier molecular flexibility index (Phi) is 7.70. The summed E-state index contributed by atoms with van der Waals surface area (Å²) >= 11 is 5.54. The Balaban J connectivity index is 1.82. The van der Waals surface area contributed by atoms with Crippen molar-refractivity contribution in [3.05, 3.63) is 41.1 Å². The van der Waals surface area contributed by atoms with Gasteiger partial charge in [-0.3, -0.25) is 4.79 Å². The number of ether oxygens (including phenoxy) is 1. The molecule has 1 aliphatic heterocycles. The Hall–Kier alpha value is -2.41. The van der Waals surface area contributed by atoms with Gasteiger partial charge in [-0.15, -0.1) is 0 Å². The Morgan fingerprint density at radius 3 is 2.45 bits per heavy atom. The predicted molar refractivity (Wildman–Crippen MR) is 126 cm³/mol. The first-order valence-electron chi connectivity index (χ1n) is 11.2. The summed E-state index contributed by atoms with van der Waals surface area (Å²) in [7, 11) is 0. The van der Waals surface area contributed by atoms with Crippen LogP contribution in [0.5, 0.6) is 0 Å². The first-order chi connectivity index (χ1) is 14.8. The summed E-state index contributed by atoms with van der Waals surface area (Å²) in [5, 5.41) is 6.90. The van der Waals surface area contributed by atoms with Crippen LogP contribution in [0.4, 0.5) is 5.69 Å². The van der Waals surface area contributed by atoms with Crippen LogP contribution >= 0.6 is 12.2 Å². The number of nitrogens with one attached hydrogen (secondary N) is 2. The number of anilines is 1. The number of esters is 1. The predicted octanol–water partition coefficient (Wildman–Crippen LogP) is 4.54. The van der Waals surface area contributed by atoms with E-state index in [9.17, 15) is 9.59 Å². The molecule has 0 bridgehead atoms. The Morgan fingerprint density at radius 1 is 1.23 bits per heavy atom. The summed E-state index contributed by atoms with van der Waals surface area (Å²) in [6, 6.07) is 7.22. The van der Waals surface area contributed by atoms with E-state index in [-0.39, 0.29) is 23.7 Å². The molecule has 3 rings (SSSR count). The van der Waals surface area contributed by atoms with E-state index in [0.29, 0.717) is 23.8 Å². The lowest BCUT2D eigenvalue weighted by molar-refractivity contribution is -0.140. The number of thiocarbonyl (C=S) groups is 1. The average Bonchev–Trinajstić information content (AvgIpc) is 3.27. The van der Waals surface area contributed by atoms with E-state index in [1.165, 1.54) is 0 Å². The van der Waals surface area contributed by atoms with Crippen LogP contribution in [0.15, 0.2) is 35.5 Å². The lowest BCUT2D eigenvalue weighted by Crippen LogP contribution is -2.47. The van der Waals surface area contributed by atoms with Crippen molar-refractivity contribution in [3.8, 4) is 0 Å². The minimum atomic E-state index is -0.394. The monoisotopic (exact) mass is 443 g/mol. The van der Waals surface area contributed by atoms with Crippen LogP contribution in [0.3, 0.4) is 0 Å². The van der Waals surface area contributed by atoms with Crippen molar-refractivity contribution in [1.82, 2.24) is 10.2 Å². The van der Waals surface area contributed by atoms with E-state index < -0.39 is 6.04 Å². The van der Waals surface area contributed by atoms with E-state index in [2.05, 4.69) is 10.6 Å². The fraction of sp³-hybridized carbons (Fsp3) is 0.542. The maximum absolute atomic E-state index is 13.0. The number of carbonyl (C=O) groups is 2. The quantitative estimate of drug-likeness (QED) is 0.476. The Labute approximate surface area is 190 Å². The zero-order chi connectivity index (χ0) is 22.5. The third-order valence-electron chi connectivity index (χ3n) is 5.92. The molecule has 1 heterocycles. The first-order valence-corrected chi connectivity index (χ1v) is 11.6. The summed E-state index contributed by atoms with van der Waals surface area (Å²) < 4.78 is 5.56. The smallest absolute Gasteiger partial charge is 0.338 e. The minimum Gasteiger partial charge on any atom is -0.462 e. The van der Waals surface area contributed by atoms with Crippen LogP contribution in [0.25, 0.3) is 0 Å². The second kappa shape index (κ2) is 10.3. The molecule has 0 saturated heterocycles. The molecule has 7 heteroatoms. The summed E-state index contributed by atoms with van der Waals surface area (Å²) in [5.74, 6) is 0.133. The van der Waals surface area contributed by atoms with Crippen LogP contribution in [0.1, 0.15) is 65.0 Å². The summed E-state index contributed by atoms with van der Waals surface area (Å²) in [4.78, 5) is 27.3. The molecule has 1 aromatic carbocycles. The van der Waals surface area contributed by atoms with Crippen LogP contribution in [-0.2, 0) is 14.3 Å². The number of hydrogen-bond donors (Lipinski definition) is 2. The zero-order valence-corrected chi connectivity index (χ0v) is 19.7. The highest BCUT2D eigenvalue weighted by Crippen LogP contribution is 2.32. The lowest BCUT2D eigenvalue weighted by Gasteiger charge is -2.37. The Morgan fingerprint density at radius 2 is 1.87 bits per heavy atom. The van der Waals surface area contributed by atoms with Crippen molar-refractivity contribution in [3.63, 3.8) is 0 Å². The largest absolute Gasteiger partial charge is 0.462 e. The van der Waals surface area contributed by atoms with Gasteiger partial charge in [0, 0.05) is 23.8 Å². The average molecular weight is 444 g/mol. The number of allylic oxidation sites excluding steroid dienone is 1. The molecule has 1 saturated carbocycles. The van der Waals surface area contributed by atoms with Crippen molar-refractivity contribution < 1.29 is 14.3 Å². The van der Waals surface area contributed by atoms with Crippen molar-refractivity contribution in [2.45, 2.75) is 59.4 Å². The summed E-state index contributed by atoms with van der Waals surface area (Å²) in [5.41, 5.74) is 3.04. The molecular formula is C24H33N3O3S. The SMILES string of the molecule is CCN1C(=S)NC(c2ccc(NC(=O)C3CCCC3)cc2)C(C(=O)OCC(C)C)=C1C. The fourth-order valence-electron chi connectivity index (χ4n) is 4.19. The van der Waals surface area contributed by atoms with Crippen LogP contribution < -0.4 is 10.6 Å². The summed E-state index contributed by atoms with van der Waals surface area (Å²) in [6.45, 7) is 8.96. The van der Waals surface area contributed by atoms with Crippen LogP contribution in [-0.4, -0.2) is 35.0 Å². The molecule has 1 fully saturated rings. The molecule has 1 atom stereocenters. The molecule has 31 heavy (non-hydrogen) atoms. The molecule has 1 aromatic rings. The number of carbonyl (C=O) groups excluding carboxylic acids is 2. The first kappa shape index (κ1) is 23.3. The number of rotatable bonds is 7. The van der Waals surface area contributed by atoms with Crippen LogP contribution in [0.2, 0.25) is 0 Å². The molecule has 6 nitrogen and oxygen atoms in total. The number of amides is 1. The fourth-order valence-corrected chi connectivity index (χ4v) is 4.57. The van der Waals surface area contributed by atoms with Gasteiger partial charge in [0.25, 0.3) is 0 Å². The van der Waals surface area contributed by atoms with Gasteiger partial charge in [-0.05, 0) is 62.5 Å². The maximum Gasteiger partial charge on any atom is 0.338 e. The van der Waals surface area contributed by atoms with E-state index in [1.54, 1.807) is 0 Å². The summed E-state index contributed by atoms with van der Waals surface area (Å²) in [6.07, 6.45) is 4.18. The molecule has 1 unspecified atom stereocenters. The molecule has 168 valence electrons. The highest BCUT2D eigenvalue weighted by molar-refractivity contribution is 7.80. The molecule has 2 aliphatic rings. The molecule has 1 aliphatic carbocycles. The molecule has 0 radical (unpaired) electrons. The van der Waals surface area contributed by atoms with Gasteiger partial charge in [-0.2, -0.15) is 0 Å². The normalized spacial score (nSPS) is 19.6. The van der Waals surface area contributed by atoms with Gasteiger partial charge < -0.3 is 20.3 Å². The number of hydrogen-bond acceptors (Lipinski definition) is 4. The van der Waals surface area contributed by atoms with Crippen molar-refractivity contribution >= 4 is 34.9 Å². The van der Waals surface area contributed by atoms with Crippen molar-refractivity contribution in [2.24, 2.45) is 11.8 Å². The topological polar surface area (TPSA) is 70.7 Å². The van der Waals surface area contributed by atoms with Gasteiger partial charge in [-0.25, -0.2) is 4.79 Å². The van der Waals surface area contributed by atoms with E-state index in [1.807, 2.05) is 56.9 Å². The maximum atomic E-state index is 13.0. The molecular weight excluding hydrogens is 410 g/mol. The third kappa shape index (κ3) is 5.45. The van der Waals surface area contributed by atoms with Crippen LogP contribution in [0, 0.1) is 11.8 Å². The molecule has 2 N–H and O–H groups in total. The third-order valence-corrected chi connectivity index (χ3v) is 6.26. The Bertz CT molecular complexity index is 857. The van der Waals surface area contributed by atoms with E-state index >= 15 is 0 Å².